The van der Waals surface area contributed by atoms with Crippen LogP contribution in [0.3, 0.4) is 0 Å². The molecule has 7 heteroatoms. The SMILES string of the molecule is C=CCOC(=O)C1(c2ccc(C3(N(C)S(=O)C(C)(C)C)COC3)cc2)CCOC1. The summed E-state index contributed by atoms with van der Waals surface area (Å²) in [5.41, 5.74) is 0.688. The monoisotopic (exact) mass is 421 g/mol. The van der Waals surface area contributed by atoms with E-state index in [1.54, 1.807) is 6.08 Å². The minimum Gasteiger partial charge on any atom is -0.461 e. The zero-order valence-corrected chi connectivity index (χ0v) is 18.5. The summed E-state index contributed by atoms with van der Waals surface area (Å²) in [6, 6.07) is 7.95. The van der Waals surface area contributed by atoms with Crippen LogP contribution in [0.15, 0.2) is 36.9 Å². The molecule has 0 radical (unpaired) electrons. The van der Waals surface area contributed by atoms with E-state index < -0.39 is 21.9 Å². The molecule has 2 atom stereocenters. The van der Waals surface area contributed by atoms with Gasteiger partial charge in [-0.25, -0.2) is 8.51 Å². The summed E-state index contributed by atoms with van der Waals surface area (Å²) in [7, 11) is 0.708. The molecule has 0 spiro atoms. The van der Waals surface area contributed by atoms with Crippen molar-refractivity contribution in [2.75, 3.05) is 40.1 Å². The smallest absolute Gasteiger partial charge is 0.319 e. The number of rotatable bonds is 7. The van der Waals surface area contributed by atoms with Gasteiger partial charge >= 0.3 is 5.97 Å². The Hall–Kier alpha value is -1.54. The predicted octanol–water partition coefficient (Wildman–Crippen LogP) is 2.69. The van der Waals surface area contributed by atoms with E-state index in [4.69, 9.17) is 14.2 Å². The number of esters is 1. The van der Waals surface area contributed by atoms with Gasteiger partial charge in [-0.15, -0.1) is 0 Å². The van der Waals surface area contributed by atoms with Gasteiger partial charge in [0.25, 0.3) is 0 Å². The summed E-state index contributed by atoms with van der Waals surface area (Å²) >= 11 is 0. The highest BCUT2D eigenvalue weighted by molar-refractivity contribution is 7.84. The maximum atomic E-state index is 13.0. The molecule has 29 heavy (non-hydrogen) atoms. The number of nitrogens with zero attached hydrogens (tertiary/aromatic N) is 1. The lowest BCUT2D eigenvalue weighted by Crippen LogP contribution is -2.60. The molecule has 0 bridgehead atoms. The number of likely N-dealkylation sites (N-methyl/N-ethyl adjacent to an activating group) is 1. The van der Waals surface area contributed by atoms with E-state index in [2.05, 4.69) is 6.58 Å². The van der Waals surface area contributed by atoms with Crippen molar-refractivity contribution in [3.63, 3.8) is 0 Å². The summed E-state index contributed by atoms with van der Waals surface area (Å²) in [6.45, 7) is 11.5. The van der Waals surface area contributed by atoms with E-state index in [-0.39, 0.29) is 17.3 Å². The van der Waals surface area contributed by atoms with E-state index in [0.717, 1.165) is 11.1 Å². The zero-order valence-electron chi connectivity index (χ0n) is 17.7. The molecule has 2 unspecified atom stereocenters. The molecular formula is C22H31NO5S. The van der Waals surface area contributed by atoms with Crippen molar-refractivity contribution in [1.82, 2.24) is 4.31 Å². The van der Waals surface area contributed by atoms with Gasteiger partial charge in [0.05, 0.1) is 24.6 Å². The molecule has 2 aliphatic rings. The summed E-state index contributed by atoms with van der Waals surface area (Å²) in [4.78, 5) is 12.8. The van der Waals surface area contributed by atoms with Gasteiger partial charge in [0.15, 0.2) is 0 Å². The summed E-state index contributed by atoms with van der Waals surface area (Å²) < 4.78 is 31.0. The van der Waals surface area contributed by atoms with Crippen LogP contribution in [0.25, 0.3) is 0 Å². The first kappa shape index (κ1) is 22.2. The largest absolute Gasteiger partial charge is 0.461 e. The second-order valence-electron chi connectivity index (χ2n) is 8.73. The predicted molar refractivity (Wildman–Crippen MR) is 113 cm³/mol. The fraction of sp³-hybridized carbons (Fsp3) is 0.591. The summed E-state index contributed by atoms with van der Waals surface area (Å²) in [6.07, 6.45) is 2.15. The third-order valence-electron chi connectivity index (χ3n) is 5.78. The highest BCUT2D eigenvalue weighted by Gasteiger charge is 2.49. The fourth-order valence-electron chi connectivity index (χ4n) is 3.84. The number of hydrogen-bond donors (Lipinski definition) is 0. The van der Waals surface area contributed by atoms with E-state index in [1.165, 1.54) is 0 Å². The van der Waals surface area contributed by atoms with Gasteiger partial charge in [0, 0.05) is 13.7 Å². The molecule has 0 aromatic heterocycles. The molecule has 6 nitrogen and oxygen atoms in total. The normalized spacial score (nSPS) is 24.7. The first-order valence-electron chi connectivity index (χ1n) is 9.88. The van der Waals surface area contributed by atoms with Gasteiger partial charge in [-0.2, -0.15) is 0 Å². The average molecular weight is 422 g/mol. The molecule has 2 aliphatic heterocycles. The number of hydrogen-bond acceptors (Lipinski definition) is 5. The van der Waals surface area contributed by atoms with Crippen LogP contribution in [-0.2, 0) is 40.9 Å². The standard InChI is InChI=1S/C22H31NO5S/c1-6-12-28-19(24)21(11-13-26-14-21)17-7-9-18(10-8-17)22(15-27-16-22)23(5)29(25)20(2,3)4/h6-10H,1,11-16H2,2-5H3. The molecule has 160 valence electrons. The Morgan fingerprint density at radius 1 is 1.21 bits per heavy atom. The number of carbonyl (C=O) groups excluding carboxylic acids is 1. The fourth-order valence-corrected chi connectivity index (χ4v) is 5.19. The lowest BCUT2D eigenvalue weighted by molar-refractivity contribution is -0.149. The molecule has 0 N–H and O–H groups in total. The van der Waals surface area contributed by atoms with Crippen molar-refractivity contribution >= 4 is 17.0 Å². The van der Waals surface area contributed by atoms with Crippen molar-refractivity contribution < 1.29 is 23.2 Å². The minimum absolute atomic E-state index is 0.183. The minimum atomic E-state index is -1.18. The Labute approximate surface area is 175 Å². The van der Waals surface area contributed by atoms with Crippen molar-refractivity contribution in [2.45, 2.75) is 42.9 Å². The van der Waals surface area contributed by atoms with E-state index in [1.807, 2.05) is 56.4 Å². The van der Waals surface area contributed by atoms with Crippen LogP contribution >= 0.6 is 0 Å². The molecular weight excluding hydrogens is 390 g/mol. The second-order valence-corrected chi connectivity index (χ2v) is 11.0. The van der Waals surface area contributed by atoms with E-state index in [9.17, 15) is 9.00 Å². The number of ether oxygens (including phenoxy) is 3. The quantitative estimate of drug-likeness (QED) is 0.500. The van der Waals surface area contributed by atoms with Gasteiger partial charge in [0.1, 0.15) is 28.5 Å². The number of benzene rings is 1. The molecule has 2 saturated heterocycles. The first-order valence-corrected chi connectivity index (χ1v) is 11.0. The molecule has 2 heterocycles. The van der Waals surface area contributed by atoms with Crippen LogP contribution in [0.1, 0.15) is 38.3 Å². The van der Waals surface area contributed by atoms with Crippen LogP contribution in [0, 0.1) is 0 Å². The van der Waals surface area contributed by atoms with Crippen LogP contribution < -0.4 is 0 Å². The lowest BCUT2D eigenvalue weighted by Gasteiger charge is -2.49. The topological polar surface area (TPSA) is 65.1 Å². The number of carbonyl (C=O) groups is 1. The molecule has 0 amide bonds. The highest BCUT2D eigenvalue weighted by Crippen LogP contribution is 2.40. The molecule has 1 aromatic carbocycles. The van der Waals surface area contributed by atoms with Crippen molar-refractivity contribution in [1.29, 1.82) is 0 Å². The van der Waals surface area contributed by atoms with Crippen LogP contribution in [-0.4, -0.2) is 59.3 Å². The molecule has 1 aromatic rings. The van der Waals surface area contributed by atoms with E-state index in [0.29, 0.717) is 32.8 Å². The Kier molecular flexibility index (Phi) is 6.34. The van der Waals surface area contributed by atoms with Crippen LogP contribution in [0.2, 0.25) is 0 Å². The van der Waals surface area contributed by atoms with Crippen molar-refractivity contribution in [2.24, 2.45) is 0 Å². The molecule has 0 aliphatic carbocycles. The van der Waals surface area contributed by atoms with Gasteiger partial charge in [-0.1, -0.05) is 36.9 Å². The summed E-state index contributed by atoms with van der Waals surface area (Å²) in [5, 5.41) is 0. The van der Waals surface area contributed by atoms with Gasteiger partial charge < -0.3 is 14.2 Å². The average Bonchev–Trinajstić information content (AvgIpc) is 3.15. The Morgan fingerprint density at radius 2 is 1.83 bits per heavy atom. The maximum Gasteiger partial charge on any atom is 0.319 e. The van der Waals surface area contributed by atoms with Gasteiger partial charge in [0.2, 0.25) is 0 Å². The zero-order chi connectivity index (χ0) is 21.3. The van der Waals surface area contributed by atoms with Gasteiger partial charge in [-0.05, 0) is 38.3 Å². The molecule has 2 fully saturated rings. The molecule has 3 rings (SSSR count). The van der Waals surface area contributed by atoms with Crippen molar-refractivity contribution in [3.05, 3.63) is 48.0 Å². The summed E-state index contributed by atoms with van der Waals surface area (Å²) in [5.74, 6) is -0.282. The lowest BCUT2D eigenvalue weighted by atomic mass is 9.78. The Morgan fingerprint density at radius 3 is 2.28 bits per heavy atom. The van der Waals surface area contributed by atoms with Gasteiger partial charge in [-0.3, -0.25) is 4.79 Å². The third-order valence-corrected chi connectivity index (χ3v) is 7.67. The highest BCUT2D eigenvalue weighted by atomic mass is 32.2. The van der Waals surface area contributed by atoms with E-state index >= 15 is 0 Å². The van der Waals surface area contributed by atoms with Crippen LogP contribution in [0.5, 0.6) is 0 Å². The second kappa shape index (κ2) is 8.30. The third kappa shape index (κ3) is 3.93. The van der Waals surface area contributed by atoms with Crippen molar-refractivity contribution in [3.8, 4) is 0 Å². The first-order chi connectivity index (χ1) is 13.7. The Balaban J connectivity index is 1.89. The molecule has 0 saturated carbocycles. The van der Waals surface area contributed by atoms with Crippen LogP contribution in [0.4, 0.5) is 0 Å². The Bertz CT molecular complexity index is 773. The maximum absolute atomic E-state index is 13.0.